The summed E-state index contributed by atoms with van der Waals surface area (Å²) in [5.41, 5.74) is 3.94. The normalized spacial score (nSPS) is 14.0. The number of rotatable bonds is 1. The Labute approximate surface area is 89.2 Å². The van der Waals surface area contributed by atoms with Gasteiger partial charge in [-0.2, -0.15) is 0 Å². The molecule has 0 fully saturated rings. The van der Waals surface area contributed by atoms with Gasteiger partial charge in [0, 0.05) is 18.4 Å². The fourth-order valence-corrected chi connectivity index (χ4v) is 2.12. The molecule has 0 N–H and O–H groups in total. The Balaban J connectivity index is 2.05. The second-order valence-electron chi connectivity index (χ2n) is 3.74. The summed E-state index contributed by atoms with van der Waals surface area (Å²) in [5.74, 6) is 0. The van der Waals surface area contributed by atoms with Crippen molar-refractivity contribution in [3.05, 3.63) is 54.4 Å². The molecule has 1 aliphatic heterocycles. The average molecular weight is 196 g/mol. The molecule has 0 saturated carbocycles. The van der Waals surface area contributed by atoms with Crippen LogP contribution in [0.1, 0.15) is 5.56 Å². The zero-order chi connectivity index (χ0) is 10.1. The van der Waals surface area contributed by atoms with Crippen LogP contribution in [0.4, 0.5) is 11.4 Å². The van der Waals surface area contributed by atoms with Gasteiger partial charge in [0.25, 0.3) is 0 Å². The van der Waals surface area contributed by atoms with Crippen LogP contribution in [-0.2, 0) is 6.42 Å². The van der Waals surface area contributed by atoms with Gasteiger partial charge >= 0.3 is 0 Å². The highest BCUT2D eigenvalue weighted by Crippen LogP contribution is 2.33. The topological polar surface area (TPSA) is 16.1 Å². The number of nitrogens with zero attached hydrogens (tertiary/aromatic N) is 2. The molecule has 2 heteroatoms. The van der Waals surface area contributed by atoms with Crippen molar-refractivity contribution in [2.75, 3.05) is 11.4 Å². The van der Waals surface area contributed by atoms with E-state index in [-0.39, 0.29) is 0 Å². The lowest BCUT2D eigenvalue weighted by Gasteiger charge is -2.18. The third-order valence-electron chi connectivity index (χ3n) is 2.84. The van der Waals surface area contributed by atoms with Crippen LogP contribution >= 0.6 is 0 Å². The molecule has 0 aliphatic carbocycles. The Kier molecular flexibility index (Phi) is 1.91. The van der Waals surface area contributed by atoms with Gasteiger partial charge in [0.1, 0.15) is 0 Å². The molecule has 3 rings (SSSR count). The lowest BCUT2D eigenvalue weighted by Crippen LogP contribution is -2.13. The lowest BCUT2D eigenvalue weighted by molar-refractivity contribution is 0.993. The van der Waals surface area contributed by atoms with Crippen molar-refractivity contribution in [2.45, 2.75) is 6.42 Å². The summed E-state index contributed by atoms with van der Waals surface area (Å²) in [6, 6.07) is 12.7. The van der Waals surface area contributed by atoms with Crippen molar-refractivity contribution in [1.82, 2.24) is 4.98 Å². The van der Waals surface area contributed by atoms with E-state index in [9.17, 15) is 0 Å². The van der Waals surface area contributed by atoms with E-state index in [1.54, 1.807) is 0 Å². The summed E-state index contributed by atoms with van der Waals surface area (Å²) in [5, 5.41) is 0. The van der Waals surface area contributed by atoms with E-state index < -0.39 is 0 Å². The molecule has 1 aliphatic rings. The summed E-state index contributed by atoms with van der Waals surface area (Å²) in [4.78, 5) is 6.48. The maximum absolute atomic E-state index is 4.16. The number of benzene rings is 1. The highest BCUT2D eigenvalue weighted by atomic mass is 15.2. The Hall–Kier alpha value is -1.83. The first-order chi connectivity index (χ1) is 7.45. The maximum Gasteiger partial charge on any atom is 0.0597 e. The van der Waals surface area contributed by atoms with Crippen molar-refractivity contribution in [1.29, 1.82) is 0 Å². The van der Waals surface area contributed by atoms with Crippen LogP contribution in [0, 0.1) is 0 Å². The van der Waals surface area contributed by atoms with Gasteiger partial charge in [-0.25, -0.2) is 0 Å². The van der Waals surface area contributed by atoms with Crippen LogP contribution in [0.15, 0.2) is 48.8 Å². The van der Waals surface area contributed by atoms with Gasteiger partial charge in [-0.3, -0.25) is 4.98 Å². The summed E-state index contributed by atoms with van der Waals surface area (Å²) >= 11 is 0. The standard InChI is InChI=1S/C13H12N2/c1-2-6-13-11(4-1)7-9-15(13)12-5-3-8-14-10-12/h1-6,8,10H,7,9H2. The molecule has 2 nitrogen and oxygen atoms in total. The van der Waals surface area contributed by atoms with E-state index in [1.807, 2.05) is 18.5 Å². The molecule has 0 amide bonds. The molecular formula is C13H12N2. The molecule has 0 saturated heterocycles. The fraction of sp³-hybridized carbons (Fsp3) is 0.154. The number of pyridine rings is 1. The summed E-state index contributed by atoms with van der Waals surface area (Å²) < 4.78 is 0. The van der Waals surface area contributed by atoms with Crippen LogP contribution in [-0.4, -0.2) is 11.5 Å². The number of hydrogen-bond acceptors (Lipinski definition) is 2. The maximum atomic E-state index is 4.16. The number of aromatic nitrogens is 1. The first kappa shape index (κ1) is 8.48. The van der Waals surface area contributed by atoms with E-state index in [2.05, 4.69) is 40.2 Å². The highest BCUT2D eigenvalue weighted by molar-refractivity contribution is 5.68. The molecule has 0 radical (unpaired) electrons. The van der Waals surface area contributed by atoms with Crippen LogP contribution in [0.2, 0.25) is 0 Å². The third kappa shape index (κ3) is 1.38. The van der Waals surface area contributed by atoms with Gasteiger partial charge < -0.3 is 4.90 Å². The minimum absolute atomic E-state index is 1.06. The second-order valence-corrected chi connectivity index (χ2v) is 3.74. The quantitative estimate of drug-likeness (QED) is 0.697. The zero-order valence-corrected chi connectivity index (χ0v) is 8.43. The van der Waals surface area contributed by atoms with E-state index in [0.29, 0.717) is 0 Å². The van der Waals surface area contributed by atoms with Gasteiger partial charge in [-0.15, -0.1) is 0 Å². The minimum Gasteiger partial charge on any atom is -0.340 e. The number of hydrogen-bond donors (Lipinski definition) is 0. The fourth-order valence-electron chi connectivity index (χ4n) is 2.12. The van der Waals surface area contributed by atoms with E-state index in [4.69, 9.17) is 0 Å². The number of para-hydroxylation sites is 1. The van der Waals surface area contributed by atoms with Crippen LogP contribution in [0.5, 0.6) is 0 Å². The van der Waals surface area contributed by atoms with Crippen LogP contribution < -0.4 is 4.90 Å². The van der Waals surface area contributed by atoms with Crippen LogP contribution in [0.3, 0.4) is 0 Å². The molecular weight excluding hydrogens is 184 g/mol. The van der Waals surface area contributed by atoms with E-state index in [1.165, 1.54) is 16.9 Å². The Morgan fingerprint density at radius 1 is 1.07 bits per heavy atom. The predicted molar refractivity (Wildman–Crippen MR) is 61.4 cm³/mol. The van der Waals surface area contributed by atoms with Crippen molar-refractivity contribution >= 4 is 11.4 Å². The zero-order valence-electron chi connectivity index (χ0n) is 8.43. The first-order valence-electron chi connectivity index (χ1n) is 5.20. The van der Waals surface area contributed by atoms with Crippen LogP contribution in [0.25, 0.3) is 0 Å². The lowest BCUT2D eigenvalue weighted by atomic mass is 10.2. The molecule has 1 aromatic carbocycles. The molecule has 74 valence electrons. The molecule has 0 atom stereocenters. The molecule has 15 heavy (non-hydrogen) atoms. The summed E-state index contributed by atoms with van der Waals surface area (Å²) in [6.07, 6.45) is 4.86. The van der Waals surface area contributed by atoms with E-state index in [0.717, 1.165) is 13.0 Å². The summed E-state index contributed by atoms with van der Waals surface area (Å²) in [6.45, 7) is 1.06. The molecule has 1 aromatic heterocycles. The highest BCUT2D eigenvalue weighted by Gasteiger charge is 2.19. The van der Waals surface area contributed by atoms with E-state index >= 15 is 0 Å². The first-order valence-corrected chi connectivity index (χ1v) is 5.20. The second kappa shape index (κ2) is 3.39. The molecule has 2 aromatic rings. The van der Waals surface area contributed by atoms with Gasteiger partial charge in [-0.05, 0) is 30.2 Å². The van der Waals surface area contributed by atoms with Crippen molar-refractivity contribution < 1.29 is 0 Å². The van der Waals surface area contributed by atoms with Crippen molar-refractivity contribution in [3.8, 4) is 0 Å². The molecule has 0 bridgehead atoms. The van der Waals surface area contributed by atoms with Crippen molar-refractivity contribution in [2.24, 2.45) is 0 Å². The van der Waals surface area contributed by atoms with Crippen molar-refractivity contribution in [3.63, 3.8) is 0 Å². The molecule has 2 heterocycles. The summed E-state index contributed by atoms with van der Waals surface area (Å²) in [7, 11) is 0. The minimum atomic E-state index is 1.06. The molecule has 0 unspecified atom stereocenters. The molecule has 0 spiro atoms. The Bertz CT molecular complexity index is 465. The third-order valence-corrected chi connectivity index (χ3v) is 2.84. The Morgan fingerprint density at radius 3 is 2.87 bits per heavy atom. The number of anilines is 2. The predicted octanol–water partition coefficient (Wildman–Crippen LogP) is 2.78. The van der Waals surface area contributed by atoms with Gasteiger partial charge in [0.05, 0.1) is 11.9 Å². The number of fused-ring (bicyclic) bond motifs is 1. The van der Waals surface area contributed by atoms with Gasteiger partial charge in [0.15, 0.2) is 0 Å². The van der Waals surface area contributed by atoms with Gasteiger partial charge in [-0.1, -0.05) is 18.2 Å². The largest absolute Gasteiger partial charge is 0.340 e. The Morgan fingerprint density at radius 2 is 2.00 bits per heavy atom. The smallest absolute Gasteiger partial charge is 0.0597 e. The SMILES string of the molecule is c1cncc(N2CCc3ccccc32)c1. The van der Waals surface area contributed by atoms with Gasteiger partial charge in [0.2, 0.25) is 0 Å². The average Bonchev–Trinajstić information content (AvgIpc) is 2.74. The monoisotopic (exact) mass is 196 g/mol.